The molecule has 0 atom stereocenters. The number of thioether (sulfide) groups is 1. The lowest BCUT2D eigenvalue weighted by atomic mass is 10.2. The van der Waals surface area contributed by atoms with Gasteiger partial charge in [0.2, 0.25) is 0 Å². The summed E-state index contributed by atoms with van der Waals surface area (Å²) in [6.07, 6.45) is 0.832. The lowest BCUT2D eigenvalue weighted by Crippen LogP contribution is -2.25. The van der Waals surface area contributed by atoms with Gasteiger partial charge in [-0.25, -0.2) is 0 Å². The van der Waals surface area contributed by atoms with Crippen molar-refractivity contribution in [2.45, 2.75) is 24.0 Å². The Morgan fingerprint density at radius 3 is 2.61 bits per heavy atom. The van der Waals surface area contributed by atoms with Gasteiger partial charge < -0.3 is 10.1 Å². The highest BCUT2D eigenvalue weighted by Gasteiger charge is 2.10. The first-order chi connectivity index (χ1) is 11.3. The summed E-state index contributed by atoms with van der Waals surface area (Å²) in [5, 5.41) is 2.96. The largest absolute Gasteiger partial charge is 0.382 e. The molecule has 4 heteroatoms. The third kappa shape index (κ3) is 6.08. The Bertz CT molecular complexity index is 601. The van der Waals surface area contributed by atoms with Gasteiger partial charge in [-0.2, -0.15) is 0 Å². The Morgan fingerprint density at radius 1 is 1.09 bits per heavy atom. The second kappa shape index (κ2) is 10.1. The number of carbonyl (C=O) groups is 1. The molecule has 122 valence electrons. The summed E-state index contributed by atoms with van der Waals surface area (Å²) < 4.78 is 5.28. The molecule has 0 fully saturated rings. The highest BCUT2D eigenvalue weighted by Crippen LogP contribution is 2.26. The SMILES string of the molecule is CCOCCCNC(=O)c1ccccc1SCc1ccccc1. The third-order valence-corrected chi connectivity index (χ3v) is 4.47. The Labute approximate surface area is 142 Å². The van der Waals surface area contributed by atoms with Crippen LogP contribution >= 0.6 is 11.8 Å². The van der Waals surface area contributed by atoms with Gasteiger partial charge in [-0.1, -0.05) is 42.5 Å². The van der Waals surface area contributed by atoms with Crippen molar-refractivity contribution >= 4 is 17.7 Å². The molecule has 3 nitrogen and oxygen atoms in total. The van der Waals surface area contributed by atoms with Crippen LogP contribution in [0.1, 0.15) is 29.3 Å². The Kier molecular flexibility index (Phi) is 7.70. The van der Waals surface area contributed by atoms with E-state index < -0.39 is 0 Å². The molecule has 0 aliphatic rings. The molecule has 2 aromatic carbocycles. The first-order valence-electron chi connectivity index (χ1n) is 7.93. The fourth-order valence-corrected chi connectivity index (χ4v) is 3.14. The molecule has 0 aromatic heterocycles. The van der Waals surface area contributed by atoms with Crippen molar-refractivity contribution in [1.29, 1.82) is 0 Å². The first-order valence-corrected chi connectivity index (χ1v) is 8.91. The summed E-state index contributed by atoms with van der Waals surface area (Å²) in [5.74, 6) is 0.841. The summed E-state index contributed by atoms with van der Waals surface area (Å²) in [5.41, 5.74) is 1.99. The van der Waals surface area contributed by atoms with Crippen LogP contribution in [0.25, 0.3) is 0 Å². The van der Waals surface area contributed by atoms with Crippen LogP contribution in [0.15, 0.2) is 59.5 Å². The number of rotatable bonds is 9. The van der Waals surface area contributed by atoms with E-state index in [0.29, 0.717) is 19.8 Å². The molecular formula is C19H23NO2S. The van der Waals surface area contributed by atoms with Crippen molar-refractivity contribution in [3.63, 3.8) is 0 Å². The van der Waals surface area contributed by atoms with Gasteiger partial charge in [-0.05, 0) is 31.0 Å². The number of nitrogens with one attached hydrogen (secondary N) is 1. The smallest absolute Gasteiger partial charge is 0.252 e. The Balaban J connectivity index is 1.90. The molecule has 2 aromatic rings. The zero-order chi connectivity index (χ0) is 16.3. The minimum Gasteiger partial charge on any atom is -0.382 e. The van der Waals surface area contributed by atoms with Crippen LogP contribution in [0.4, 0.5) is 0 Å². The zero-order valence-electron chi connectivity index (χ0n) is 13.5. The molecule has 0 radical (unpaired) electrons. The molecule has 23 heavy (non-hydrogen) atoms. The molecular weight excluding hydrogens is 306 g/mol. The van der Waals surface area contributed by atoms with Gasteiger partial charge >= 0.3 is 0 Å². The predicted octanol–water partition coefficient (Wildman–Crippen LogP) is 4.14. The van der Waals surface area contributed by atoms with Gasteiger partial charge in [0.25, 0.3) is 5.91 Å². The molecule has 0 saturated heterocycles. The lowest BCUT2D eigenvalue weighted by molar-refractivity contribution is 0.0941. The van der Waals surface area contributed by atoms with E-state index in [2.05, 4.69) is 17.4 Å². The Morgan fingerprint density at radius 2 is 1.83 bits per heavy atom. The van der Waals surface area contributed by atoms with Crippen LogP contribution in [-0.4, -0.2) is 25.7 Å². The van der Waals surface area contributed by atoms with Crippen molar-refractivity contribution in [1.82, 2.24) is 5.32 Å². The average Bonchev–Trinajstić information content (AvgIpc) is 2.61. The van der Waals surface area contributed by atoms with E-state index >= 15 is 0 Å². The maximum atomic E-state index is 12.3. The van der Waals surface area contributed by atoms with Crippen molar-refractivity contribution in [2.75, 3.05) is 19.8 Å². The summed E-state index contributed by atoms with van der Waals surface area (Å²) in [7, 11) is 0. The van der Waals surface area contributed by atoms with Gasteiger partial charge in [-0.15, -0.1) is 11.8 Å². The van der Waals surface area contributed by atoms with Crippen LogP contribution in [0, 0.1) is 0 Å². The molecule has 0 heterocycles. The lowest BCUT2D eigenvalue weighted by Gasteiger charge is -2.10. The van der Waals surface area contributed by atoms with E-state index in [4.69, 9.17) is 4.74 Å². The second-order valence-electron chi connectivity index (χ2n) is 5.08. The third-order valence-electron chi connectivity index (χ3n) is 3.32. The maximum absolute atomic E-state index is 12.3. The fraction of sp³-hybridized carbons (Fsp3) is 0.316. The topological polar surface area (TPSA) is 38.3 Å². The summed E-state index contributed by atoms with van der Waals surface area (Å²) in [6, 6.07) is 18.0. The standard InChI is InChI=1S/C19H23NO2S/c1-2-22-14-8-13-20-19(21)17-11-6-7-12-18(17)23-15-16-9-4-3-5-10-16/h3-7,9-12H,2,8,13-15H2,1H3,(H,20,21). The predicted molar refractivity (Wildman–Crippen MR) is 95.9 cm³/mol. The molecule has 1 amide bonds. The fourth-order valence-electron chi connectivity index (χ4n) is 2.13. The monoisotopic (exact) mass is 329 g/mol. The number of hydrogen-bond donors (Lipinski definition) is 1. The number of hydrogen-bond acceptors (Lipinski definition) is 3. The van der Waals surface area contributed by atoms with Crippen LogP contribution in [0.5, 0.6) is 0 Å². The van der Waals surface area contributed by atoms with E-state index in [1.165, 1.54) is 5.56 Å². The van der Waals surface area contributed by atoms with Crippen molar-refractivity contribution < 1.29 is 9.53 Å². The highest BCUT2D eigenvalue weighted by molar-refractivity contribution is 7.98. The van der Waals surface area contributed by atoms with Gasteiger partial charge in [0, 0.05) is 30.4 Å². The van der Waals surface area contributed by atoms with Crippen molar-refractivity contribution in [3.8, 4) is 0 Å². The quantitative estimate of drug-likeness (QED) is 0.555. The Hall–Kier alpha value is -1.78. The molecule has 0 bridgehead atoms. The molecule has 0 spiro atoms. The zero-order valence-corrected chi connectivity index (χ0v) is 14.3. The molecule has 1 N–H and O–H groups in total. The van der Waals surface area contributed by atoms with Gasteiger partial charge in [0.1, 0.15) is 0 Å². The number of amides is 1. The van der Waals surface area contributed by atoms with Gasteiger partial charge in [0.05, 0.1) is 5.56 Å². The summed E-state index contributed by atoms with van der Waals surface area (Å²) >= 11 is 1.69. The minimum absolute atomic E-state index is 0.0161. The van der Waals surface area contributed by atoms with E-state index in [1.54, 1.807) is 11.8 Å². The normalized spacial score (nSPS) is 10.5. The number of carbonyl (C=O) groups excluding carboxylic acids is 1. The first kappa shape index (κ1) is 17.6. The van der Waals surface area contributed by atoms with Crippen molar-refractivity contribution in [3.05, 3.63) is 65.7 Å². The van der Waals surface area contributed by atoms with E-state index in [1.807, 2.05) is 49.4 Å². The number of ether oxygens (including phenoxy) is 1. The van der Waals surface area contributed by atoms with E-state index in [0.717, 1.165) is 22.6 Å². The highest BCUT2D eigenvalue weighted by atomic mass is 32.2. The average molecular weight is 329 g/mol. The maximum Gasteiger partial charge on any atom is 0.252 e. The second-order valence-corrected chi connectivity index (χ2v) is 6.09. The van der Waals surface area contributed by atoms with E-state index in [9.17, 15) is 4.79 Å². The van der Waals surface area contributed by atoms with Gasteiger partial charge in [-0.3, -0.25) is 4.79 Å². The summed E-state index contributed by atoms with van der Waals surface area (Å²) in [4.78, 5) is 13.4. The molecule has 0 aliphatic carbocycles. The molecule has 2 rings (SSSR count). The summed E-state index contributed by atoms with van der Waals surface area (Å²) in [6.45, 7) is 4.00. The molecule has 0 saturated carbocycles. The van der Waals surface area contributed by atoms with Crippen LogP contribution in [-0.2, 0) is 10.5 Å². The van der Waals surface area contributed by atoms with E-state index in [-0.39, 0.29) is 5.91 Å². The minimum atomic E-state index is -0.0161. The van der Waals surface area contributed by atoms with Crippen LogP contribution in [0.3, 0.4) is 0 Å². The molecule has 0 aliphatic heterocycles. The van der Waals surface area contributed by atoms with Crippen LogP contribution < -0.4 is 5.32 Å². The number of benzene rings is 2. The van der Waals surface area contributed by atoms with Crippen molar-refractivity contribution in [2.24, 2.45) is 0 Å². The molecule has 0 unspecified atom stereocenters. The van der Waals surface area contributed by atoms with Gasteiger partial charge in [0.15, 0.2) is 0 Å². The van der Waals surface area contributed by atoms with Crippen LogP contribution in [0.2, 0.25) is 0 Å².